The van der Waals surface area contributed by atoms with Crippen molar-refractivity contribution in [1.29, 1.82) is 0 Å². The quantitative estimate of drug-likeness (QED) is 0.366. The number of imide groups is 1. The van der Waals surface area contributed by atoms with Gasteiger partial charge in [0.15, 0.2) is 12.4 Å². The van der Waals surface area contributed by atoms with Crippen LogP contribution in [0.2, 0.25) is 0 Å². The second-order valence-electron chi connectivity index (χ2n) is 8.88. The van der Waals surface area contributed by atoms with Crippen LogP contribution in [0.4, 0.5) is 5.69 Å². The molecule has 7 rings (SSSR count). The van der Waals surface area contributed by atoms with E-state index in [2.05, 4.69) is 28.1 Å². The summed E-state index contributed by atoms with van der Waals surface area (Å²) >= 11 is 3.35. The standard InChI is InChI=1S/C25H20BrNO4/c26-14-3-1-13(2-4-14)21(28)12-31-16-7-5-15(6-8-16)27-24(29)22-17-9-10-18(20-11-19(17)20)23(22)25(27)30/h1-10,17-20,22-23H,11-12H2/t17-,18?,19?,20?,22?,23?/m1/s1. The highest BCUT2D eigenvalue weighted by Crippen LogP contribution is 2.65. The first kappa shape index (κ1) is 19.0. The smallest absolute Gasteiger partial charge is 0.238 e. The maximum atomic E-state index is 13.2. The van der Waals surface area contributed by atoms with Crippen molar-refractivity contribution in [3.05, 3.63) is 70.7 Å². The molecule has 6 atom stereocenters. The van der Waals surface area contributed by atoms with E-state index in [0.717, 1.165) is 10.9 Å². The van der Waals surface area contributed by atoms with E-state index in [1.165, 1.54) is 4.90 Å². The molecule has 0 aromatic heterocycles. The van der Waals surface area contributed by atoms with Gasteiger partial charge in [0.05, 0.1) is 17.5 Å². The molecular weight excluding hydrogens is 458 g/mol. The molecule has 6 heteroatoms. The van der Waals surface area contributed by atoms with E-state index in [1.54, 1.807) is 36.4 Å². The Bertz CT molecular complexity index is 1090. The summed E-state index contributed by atoms with van der Waals surface area (Å²) in [4.78, 5) is 40.0. The van der Waals surface area contributed by atoms with Gasteiger partial charge in [-0.25, -0.2) is 0 Å². The van der Waals surface area contributed by atoms with E-state index in [-0.39, 0.29) is 47.9 Å². The number of carbonyl (C=O) groups is 3. The third kappa shape index (κ3) is 2.92. The monoisotopic (exact) mass is 477 g/mol. The van der Waals surface area contributed by atoms with Gasteiger partial charge in [-0.15, -0.1) is 0 Å². The van der Waals surface area contributed by atoms with Crippen LogP contribution >= 0.6 is 15.9 Å². The molecular formula is C25H20BrNO4. The maximum Gasteiger partial charge on any atom is 0.238 e. The van der Waals surface area contributed by atoms with Gasteiger partial charge in [-0.1, -0.05) is 40.2 Å². The fourth-order valence-corrected chi connectivity index (χ4v) is 6.04. The van der Waals surface area contributed by atoms with E-state index >= 15 is 0 Å². The van der Waals surface area contributed by atoms with Crippen LogP contribution in [0.5, 0.6) is 5.75 Å². The van der Waals surface area contributed by atoms with Gasteiger partial charge in [-0.2, -0.15) is 0 Å². The minimum atomic E-state index is -0.203. The van der Waals surface area contributed by atoms with Gasteiger partial charge in [0.1, 0.15) is 5.75 Å². The maximum absolute atomic E-state index is 13.2. The lowest BCUT2D eigenvalue weighted by molar-refractivity contribution is -0.124. The number of benzene rings is 2. The summed E-state index contributed by atoms with van der Waals surface area (Å²) < 4.78 is 6.53. The highest BCUT2D eigenvalue weighted by molar-refractivity contribution is 9.10. The number of carbonyl (C=O) groups excluding carboxylic acids is 3. The van der Waals surface area contributed by atoms with Crippen LogP contribution in [-0.4, -0.2) is 24.2 Å². The Hall–Kier alpha value is -2.73. The average Bonchev–Trinajstić information content (AvgIpc) is 3.56. The molecule has 156 valence electrons. The predicted molar refractivity (Wildman–Crippen MR) is 118 cm³/mol. The second kappa shape index (κ2) is 6.89. The van der Waals surface area contributed by atoms with Gasteiger partial charge in [-0.05, 0) is 66.5 Å². The van der Waals surface area contributed by atoms with Crippen molar-refractivity contribution in [3.63, 3.8) is 0 Å². The van der Waals surface area contributed by atoms with E-state index in [4.69, 9.17) is 4.74 Å². The minimum Gasteiger partial charge on any atom is -0.485 e. The van der Waals surface area contributed by atoms with Gasteiger partial charge in [0.25, 0.3) is 0 Å². The zero-order valence-electron chi connectivity index (χ0n) is 16.6. The van der Waals surface area contributed by atoms with Crippen molar-refractivity contribution in [2.24, 2.45) is 35.5 Å². The predicted octanol–water partition coefficient (Wildman–Crippen LogP) is 4.27. The molecule has 2 aromatic rings. The lowest BCUT2D eigenvalue weighted by Gasteiger charge is -2.37. The number of Topliss-reactive ketones (excluding diaryl/α,β-unsaturated/α-hetero) is 1. The molecule has 5 unspecified atom stereocenters. The van der Waals surface area contributed by atoms with Gasteiger partial charge < -0.3 is 4.74 Å². The number of hydrogen-bond acceptors (Lipinski definition) is 4. The Morgan fingerprint density at radius 3 is 2.06 bits per heavy atom. The highest BCUT2D eigenvalue weighted by atomic mass is 79.9. The Morgan fingerprint density at radius 1 is 0.903 bits per heavy atom. The number of allylic oxidation sites excluding steroid dienone is 2. The van der Waals surface area contributed by atoms with E-state index in [0.29, 0.717) is 28.8 Å². The van der Waals surface area contributed by atoms with Crippen LogP contribution in [0.25, 0.3) is 0 Å². The summed E-state index contributed by atoms with van der Waals surface area (Å²) in [5, 5.41) is 0. The summed E-state index contributed by atoms with van der Waals surface area (Å²) in [6.07, 6.45) is 5.50. The Kier molecular flexibility index (Phi) is 4.22. The first-order valence-corrected chi connectivity index (χ1v) is 11.4. The van der Waals surface area contributed by atoms with Crippen LogP contribution in [0.15, 0.2) is 65.2 Å². The molecule has 1 aliphatic heterocycles. The first-order chi connectivity index (χ1) is 15.0. The van der Waals surface area contributed by atoms with E-state index in [9.17, 15) is 14.4 Å². The van der Waals surface area contributed by atoms with Gasteiger partial charge in [-0.3, -0.25) is 19.3 Å². The van der Waals surface area contributed by atoms with Crippen LogP contribution in [0, 0.1) is 35.5 Å². The molecule has 5 nitrogen and oxygen atoms in total. The summed E-state index contributed by atoms with van der Waals surface area (Å²) in [6, 6.07) is 14.0. The van der Waals surface area contributed by atoms with Gasteiger partial charge in [0, 0.05) is 10.0 Å². The molecule has 2 bridgehead atoms. The molecule has 2 aromatic carbocycles. The van der Waals surface area contributed by atoms with Crippen LogP contribution in [0.1, 0.15) is 16.8 Å². The topological polar surface area (TPSA) is 63.7 Å². The molecule has 0 N–H and O–H groups in total. The number of rotatable bonds is 5. The van der Waals surface area contributed by atoms with Crippen molar-refractivity contribution in [2.45, 2.75) is 6.42 Å². The Labute approximate surface area is 188 Å². The summed E-state index contributed by atoms with van der Waals surface area (Å²) in [5.74, 6) is 1.47. The Balaban J connectivity index is 1.16. The molecule has 1 saturated heterocycles. The molecule has 2 saturated carbocycles. The zero-order chi connectivity index (χ0) is 21.3. The Morgan fingerprint density at radius 2 is 1.48 bits per heavy atom. The van der Waals surface area contributed by atoms with E-state index in [1.807, 2.05) is 12.1 Å². The third-order valence-electron chi connectivity index (χ3n) is 7.29. The lowest BCUT2D eigenvalue weighted by atomic mass is 9.63. The number of hydrogen-bond donors (Lipinski definition) is 0. The van der Waals surface area contributed by atoms with Crippen molar-refractivity contribution in [3.8, 4) is 5.75 Å². The normalized spacial score (nSPS) is 32.1. The highest BCUT2D eigenvalue weighted by Gasteiger charge is 2.67. The number of anilines is 1. The lowest BCUT2D eigenvalue weighted by Crippen LogP contribution is -2.40. The van der Waals surface area contributed by atoms with Crippen molar-refractivity contribution in [2.75, 3.05) is 11.5 Å². The number of ketones is 1. The molecule has 31 heavy (non-hydrogen) atoms. The van der Waals surface area contributed by atoms with Gasteiger partial charge in [0.2, 0.25) is 11.8 Å². The summed E-state index contributed by atoms with van der Waals surface area (Å²) in [5.41, 5.74) is 1.15. The molecule has 4 aliphatic carbocycles. The molecule has 3 fully saturated rings. The fourth-order valence-electron chi connectivity index (χ4n) is 5.77. The summed E-state index contributed by atoms with van der Waals surface area (Å²) in [7, 11) is 0. The average molecular weight is 478 g/mol. The molecule has 0 radical (unpaired) electrons. The fraction of sp³-hybridized carbons (Fsp3) is 0.320. The van der Waals surface area contributed by atoms with Crippen LogP contribution in [0.3, 0.4) is 0 Å². The SMILES string of the molecule is O=C(COc1ccc(N2C(=O)C3C4C=C[C@H](C5CC45)C3C2=O)cc1)c1ccc(Br)cc1. The van der Waals surface area contributed by atoms with Crippen molar-refractivity contribution >= 4 is 39.2 Å². The second-order valence-corrected chi connectivity index (χ2v) is 9.79. The first-order valence-electron chi connectivity index (χ1n) is 10.6. The third-order valence-corrected chi connectivity index (χ3v) is 7.82. The number of amides is 2. The number of ether oxygens (including phenoxy) is 1. The molecule has 2 amide bonds. The number of halogens is 1. The summed E-state index contributed by atoms with van der Waals surface area (Å²) in [6.45, 7) is -0.0789. The molecule has 5 aliphatic rings. The van der Waals surface area contributed by atoms with Crippen LogP contribution in [-0.2, 0) is 9.59 Å². The van der Waals surface area contributed by atoms with E-state index < -0.39 is 0 Å². The largest absolute Gasteiger partial charge is 0.485 e. The van der Waals surface area contributed by atoms with Crippen LogP contribution < -0.4 is 9.64 Å². The zero-order valence-corrected chi connectivity index (χ0v) is 18.2. The van der Waals surface area contributed by atoms with Gasteiger partial charge >= 0.3 is 0 Å². The van der Waals surface area contributed by atoms with Crippen molar-refractivity contribution < 1.29 is 19.1 Å². The molecule has 0 spiro atoms. The number of nitrogens with zero attached hydrogens (tertiary/aromatic N) is 1. The van der Waals surface area contributed by atoms with Crippen molar-refractivity contribution in [1.82, 2.24) is 0 Å². The molecule has 1 heterocycles. The minimum absolute atomic E-state index is 0.0706.